The first-order valence-corrected chi connectivity index (χ1v) is 6.92. The summed E-state index contributed by atoms with van der Waals surface area (Å²) in [5, 5.41) is 40.0. The Labute approximate surface area is 144 Å². The van der Waals surface area contributed by atoms with Gasteiger partial charge in [0.2, 0.25) is 0 Å². The zero-order valence-corrected chi connectivity index (χ0v) is 12.9. The van der Waals surface area contributed by atoms with Crippen LogP contribution in [0.1, 0.15) is 31.8 Å². The molecule has 2 aromatic carbocycles. The standard InChI is InChI=1S/C16H10N2O8/c19-15(20)11-5-3-9(13(7-11)17(23)24)1-2-10-4-6-12(16(21)22)8-14(10)18(25)26/h1-8H,(H,19,20)(H,21,22). The first-order valence-electron chi connectivity index (χ1n) is 6.92. The number of carboxylic acid groups (broad SMARTS) is 2. The third kappa shape index (κ3) is 3.87. The molecule has 2 N–H and O–H groups in total. The smallest absolute Gasteiger partial charge is 0.335 e. The highest BCUT2D eigenvalue weighted by Gasteiger charge is 2.18. The minimum absolute atomic E-state index is 0.0385. The summed E-state index contributed by atoms with van der Waals surface area (Å²) in [5.41, 5.74) is -1.43. The number of hydrogen-bond donors (Lipinski definition) is 2. The Morgan fingerprint density at radius 3 is 1.38 bits per heavy atom. The summed E-state index contributed by atoms with van der Waals surface area (Å²) in [6, 6.07) is 6.49. The van der Waals surface area contributed by atoms with Crippen molar-refractivity contribution in [2.24, 2.45) is 0 Å². The summed E-state index contributed by atoms with van der Waals surface area (Å²) < 4.78 is 0. The minimum atomic E-state index is -1.33. The number of carbonyl (C=O) groups is 2. The molecule has 0 heterocycles. The molecule has 0 amide bonds. The lowest BCUT2D eigenvalue weighted by Crippen LogP contribution is -2.00. The molecule has 0 saturated carbocycles. The molecular weight excluding hydrogens is 348 g/mol. The quantitative estimate of drug-likeness (QED) is 0.452. The van der Waals surface area contributed by atoms with E-state index in [1.807, 2.05) is 0 Å². The van der Waals surface area contributed by atoms with E-state index in [9.17, 15) is 29.8 Å². The summed E-state index contributed by atoms with van der Waals surface area (Å²) in [7, 11) is 0. The van der Waals surface area contributed by atoms with Gasteiger partial charge in [0.05, 0.1) is 32.1 Å². The number of hydrogen-bond acceptors (Lipinski definition) is 6. The maximum atomic E-state index is 11.1. The number of nitro benzene ring substituents is 2. The van der Waals surface area contributed by atoms with E-state index in [0.29, 0.717) is 0 Å². The number of carboxylic acids is 2. The Hall–Kier alpha value is -4.08. The van der Waals surface area contributed by atoms with Gasteiger partial charge in [-0.25, -0.2) is 9.59 Å². The predicted molar refractivity (Wildman–Crippen MR) is 89.0 cm³/mol. The molecule has 0 aliphatic rings. The van der Waals surface area contributed by atoms with Crippen molar-refractivity contribution in [3.63, 3.8) is 0 Å². The van der Waals surface area contributed by atoms with Gasteiger partial charge in [-0.1, -0.05) is 0 Å². The second-order valence-corrected chi connectivity index (χ2v) is 5.01. The van der Waals surface area contributed by atoms with Crippen LogP contribution in [-0.4, -0.2) is 32.0 Å². The van der Waals surface area contributed by atoms with Crippen LogP contribution in [0.25, 0.3) is 12.2 Å². The Morgan fingerprint density at radius 1 is 0.769 bits per heavy atom. The summed E-state index contributed by atoms with van der Waals surface area (Å²) in [5.74, 6) is -2.66. The van der Waals surface area contributed by atoms with Crippen LogP contribution in [-0.2, 0) is 0 Å². The lowest BCUT2D eigenvalue weighted by molar-refractivity contribution is -0.385. The van der Waals surface area contributed by atoms with E-state index in [1.165, 1.54) is 24.3 Å². The van der Waals surface area contributed by atoms with Gasteiger partial charge in [0, 0.05) is 12.1 Å². The molecule has 0 aromatic heterocycles. The van der Waals surface area contributed by atoms with Crippen molar-refractivity contribution < 1.29 is 29.6 Å². The highest BCUT2D eigenvalue weighted by atomic mass is 16.6. The van der Waals surface area contributed by atoms with Crippen molar-refractivity contribution in [1.29, 1.82) is 0 Å². The molecule has 10 heteroatoms. The normalized spacial score (nSPS) is 10.6. The van der Waals surface area contributed by atoms with Crippen molar-refractivity contribution in [2.75, 3.05) is 0 Å². The molecule has 132 valence electrons. The molecule has 10 nitrogen and oxygen atoms in total. The second-order valence-electron chi connectivity index (χ2n) is 5.01. The van der Waals surface area contributed by atoms with E-state index in [0.717, 1.165) is 24.3 Å². The maximum Gasteiger partial charge on any atom is 0.335 e. The van der Waals surface area contributed by atoms with Gasteiger partial charge in [0.1, 0.15) is 0 Å². The van der Waals surface area contributed by atoms with E-state index >= 15 is 0 Å². The lowest BCUT2D eigenvalue weighted by Gasteiger charge is -2.02. The molecule has 0 aliphatic heterocycles. The average molecular weight is 358 g/mol. The van der Waals surface area contributed by atoms with Crippen LogP contribution in [0.15, 0.2) is 36.4 Å². The van der Waals surface area contributed by atoms with Crippen molar-refractivity contribution in [1.82, 2.24) is 0 Å². The molecule has 0 atom stereocenters. The molecule has 0 radical (unpaired) electrons. The summed E-state index contributed by atoms with van der Waals surface area (Å²) in [6.07, 6.45) is 2.43. The van der Waals surface area contributed by atoms with Crippen molar-refractivity contribution in [3.8, 4) is 0 Å². The van der Waals surface area contributed by atoms with Crippen LogP contribution in [0, 0.1) is 20.2 Å². The number of nitro groups is 2. The molecule has 0 unspecified atom stereocenters. The fourth-order valence-electron chi connectivity index (χ4n) is 2.13. The monoisotopic (exact) mass is 358 g/mol. The lowest BCUT2D eigenvalue weighted by atomic mass is 10.1. The molecule has 0 spiro atoms. The van der Waals surface area contributed by atoms with Crippen LogP contribution in [0.4, 0.5) is 11.4 Å². The summed E-state index contributed by atoms with van der Waals surface area (Å²) >= 11 is 0. The van der Waals surface area contributed by atoms with E-state index < -0.39 is 33.2 Å². The van der Waals surface area contributed by atoms with Gasteiger partial charge in [0.25, 0.3) is 11.4 Å². The van der Waals surface area contributed by atoms with Crippen molar-refractivity contribution in [2.45, 2.75) is 0 Å². The third-order valence-electron chi connectivity index (χ3n) is 3.39. The van der Waals surface area contributed by atoms with Crippen molar-refractivity contribution >= 4 is 35.5 Å². The molecule has 0 aliphatic carbocycles. The fourth-order valence-corrected chi connectivity index (χ4v) is 2.13. The number of rotatable bonds is 6. The second kappa shape index (κ2) is 7.21. The Morgan fingerprint density at radius 2 is 1.12 bits per heavy atom. The molecular formula is C16H10N2O8. The first-order chi connectivity index (χ1) is 12.2. The Balaban J connectivity index is 2.50. The number of aromatic carboxylic acids is 2. The van der Waals surface area contributed by atoms with Crippen LogP contribution in [0.3, 0.4) is 0 Å². The highest BCUT2D eigenvalue weighted by Crippen LogP contribution is 2.26. The van der Waals surface area contributed by atoms with E-state index in [2.05, 4.69) is 0 Å². The Bertz CT molecular complexity index is 887. The molecule has 0 bridgehead atoms. The van der Waals surface area contributed by atoms with Gasteiger partial charge in [-0.2, -0.15) is 0 Å². The maximum absolute atomic E-state index is 11.1. The Kier molecular flexibility index (Phi) is 5.07. The van der Waals surface area contributed by atoms with Gasteiger partial charge in [-0.15, -0.1) is 0 Å². The largest absolute Gasteiger partial charge is 0.478 e. The SMILES string of the molecule is O=C(O)c1ccc(C=Cc2ccc(C(=O)O)cc2[N+](=O)[O-])c([N+](=O)[O-])c1. The van der Waals surface area contributed by atoms with Crippen LogP contribution < -0.4 is 0 Å². The van der Waals surface area contributed by atoms with Gasteiger partial charge in [0.15, 0.2) is 0 Å². The van der Waals surface area contributed by atoms with Crippen molar-refractivity contribution in [3.05, 3.63) is 78.9 Å². The molecule has 2 rings (SSSR count). The third-order valence-corrected chi connectivity index (χ3v) is 3.39. The van der Waals surface area contributed by atoms with Gasteiger partial charge < -0.3 is 10.2 Å². The molecule has 0 fully saturated rings. The van der Waals surface area contributed by atoms with Gasteiger partial charge in [-0.05, 0) is 36.4 Å². The first kappa shape index (κ1) is 18.3. The topological polar surface area (TPSA) is 161 Å². The molecule has 26 heavy (non-hydrogen) atoms. The fraction of sp³-hybridized carbons (Fsp3) is 0. The van der Waals surface area contributed by atoms with E-state index in [4.69, 9.17) is 10.2 Å². The zero-order chi connectivity index (χ0) is 19.4. The average Bonchev–Trinajstić information content (AvgIpc) is 2.59. The number of nitrogens with zero attached hydrogens (tertiary/aromatic N) is 2. The predicted octanol–water partition coefficient (Wildman–Crippen LogP) is 3.07. The van der Waals surface area contributed by atoms with Crippen LogP contribution >= 0.6 is 0 Å². The van der Waals surface area contributed by atoms with Crippen LogP contribution in [0.5, 0.6) is 0 Å². The molecule has 2 aromatic rings. The highest BCUT2D eigenvalue weighted by molar-refractivity contribution is 5.91. The van der Waals surface area contributed by atoms with E-state index in [1.54, 1.807) is 0 Å². The summed E-state index contributed by atoms with van der Waals surface area (Å²) in [6.45, 7) is 0. The molecule has 0 saturated heterocycles. The zero-order valence-electron chi connectivity index (χ0n) is 12.9. The van der Waals surface area contributed by atoms with Crippen LogP contribution in [0.2, 0.25) is 0 Å². The van der Waals surface area contributed by atoms with E-state index in [-0.39, 0.29) is 22.3 Å². The van der Waals surface area contributed by atoms with Gasteiger partial charge >= 0.3 is 11.9 Å². The van der Waals surface area contributed by atoms with Gasteiger partial charge in [-0.3, -0.25) is 20.2 Å². The minimum Gasteiger partial charge on any atom is -0.478 e. The number of benzene rings is 2. The summed E-state index contributed by atoms with van der Waals surface area (Å²) in [4.78, 5) is 42.5.